The van der Waals surface area contributed by atoms with E-state index in [1.165, 1.54) is 0 Å². The number of hydrogen-bond acceptors (Lipinski definition) is 4. The number of benzene rings is 3. The second kappa shape index (κ2) is 10.6. The molecule has 162 valence electrons. The molecule has 31 heavy (non-hydrogen) atoms. The van der Waals surface area contributed by atoms with Gasteiger partial charge in [0.1, 0.15) is 6.61 Å². The molecule has 0 unspecified atom stereocenters. The molecule has 0 saturated carbocycles. The number of rotatable bonds is 9. The van der Waals surface area contributed by atoms with Gasteiger partial charge in [0.15, 0.2) is 11.5 Å². The summed E-state index contributed by atoms with van der Waals surface area (Å²) in [5.41, 5.74) is 3.44. The van der Waals surface area contributed by atoms with E-state index in [0.29, 0.717) is 35.4 Å². The minimum Gasteiger partial charge on any atom is -0.493 e. The van der Waals surface area contributed by atoms with Crippen LogP contribution in [0.3, 0.4) is 0 Å². The molecular formula is C26H30N2O3. The Balaban J connectivity index is 1.66. The van der Waals surface area contributed by atoms with E-state index in [-0.39, 0.29) is 5.91 Å². The average Bonchev–Trinajstić information content (AvgIpc) is 2.79. The molecule has 0 aliphatic carbocycles. The fourth-order valence-electron chi connectivity index (χ4n) is 3.07. The van der Waals surface area contributed by atoms with Gasteiger partial charge >= 0.3 is 0 Å². The van der Waals surface area contributed by atoms with Gasteiger partial charge in [0.05, 0.1) is 7.11 Å². The topological polar surface area (TPSA) is 50.8 Å². The highest BCUT2D eigenvalue weighted by molar-refractivity contribution is 6.04. The van der Waals surface area contributed by atoms with Crippen molar-refractivity contribution in [1.82, 2.24) is 4.90 Å². The summed E-state index contributed by atoms with van der Waals surface area (Å²) in [5, 5.41) is 2.94. The van der Waals surface area contributed by atoms with Crippen molar-refractivity contribution in [3.05, 3.63) is 78.4 Å². The van der Waals surface area contributed by atoms with Crippen molar-refractivity contribution in [2.45, 2.75) is 19.9 Å². The van der Waals surface area contributed by atoms with Gasteiger partial charge in [-0.3, -0.25) is 4.79 Å². The Hall–Kier alpha value is -3.31. The molecule has 0 saturated heterocycles. The largest absolute Gasteiger partial charge is 0.493 e. The Morgan fingerprint density at radius 1 is 0.935 bits per heavy atom. The molecule has 3 aromatic rings. The zero-order valence-corrected chi connectivity index (χ0v) is 18.6. The summed E-state index contributed by atoms with van der Waals surface area (Å²) in [6.45, 7) is 5.61. The van der Waals surface area contributed by atoms with Gasteiger partial charge in [-0.1, -0.05) is 42.5 Å². The first-order chi connectivity index (χ1) is 15.0. The van der Waals surface area contributed by atoms with Gasteiger partial charge in [-0.05, 0) is 56.3 Å². The Kier molecular flexibility index (Phi) is 7.68. The van der Waals surface area contributed by atoms with Gasteiger partial charge in [-0.25, -0.2) is 0 Å². The van der Waals surface area contributed by atoms with Gasteiger partial charge < -0.3 is 19.7 Å². The lowest BCUT2D eigenvalue weighted by Gasteiger charge is -2.21. The van der Waals surface area contributed by atoms with Crippen LogP contribution in [0.4, 0.5) is 5.69 Å². The van der Waals surface area contributed by atoms with Crippen molar-refractivity contribution in [3.8, 4) is 22.6 Å². The van der Waals surface area contributed by atoms with E-state index in [2.05, 4.69) is 31.1 Å². The lowest BCUT2D eigenvalue weighted by atomic mass is 10.0. The number of nitrogens with one attached hydrogen (secondary N) is 1. The van der Waals surface area contributed by atoms with Crippen molar-refractivity contribution in [3.63, 3.8) is 0 Å². The van der Waals surface area contributed by atoms with Crippen molar-refractivity contribution in [2.75, 3.05) is 32.6 Å². The number of ether oxygens (including phenoxy) is 2. The molecule has 5 heteroatoms. The van der Waals surface area contributed by atoms with E-state index in [1.807, 2.05) is 60.7 Å². The first kappa shape index (κ1) is 22.4. The van der Waals surface area contributed by atoms with Crippen LogP contribution in [-0.4, -0.2) is 44.2 Å². The summed E-state index contributed by atoms with van der Waals surface area (Å²) in [7, 11) is 3.67. The van der Waals surface area contributed by atoms with Crippen molar-refractivity contribution < 1.29 is 14.3 Å². The molecule has 0 atom stereocenters. The predicted molar refractivity (Wildman–Crippen MR) is 126 cm³/mol. The monoisotopic (exact) mass is 418 g/mol. The number of amides is 1. The average molecular weight is 419 g/mol. The highest BCUT2D eigenvalue weighted by atomic mass is 16.5. The summed E-state index contributed by atoms with van der Waals surface area (Å²) < 4.78 is 11.3. The third-order valence-electron chi connectivity index (χ3n) is 5.26. The van der Waals surface area contributed by atoms with E-state index >= 15 is 0 Å². The first-order valence-electron chi connectivity index (χ1n) is 10.5. The van der Waals surface area contributed by atoms with E-state index in [9.17, 15) is 4.79 Å². The normalized spacial score (nSPS) is 10.9. The SMILES string of the molecule is COc1ccc(NC(=O)c2ccc(-c3ccccc3)cc2)cc1OCCN(C)C(C)C. The summed E-state index contributed by atoms with van der Waals surface area (Å²) in [6.07, 6.45) is 0. The molecule has 1 amide bonds. The molecule has 0 heterocycles. The van der Waals surface area contributed by atoms with E-state index < -0.39 is 0 Å². The summed E-state index contributed by atoms with van der Waals surface area (Å²) in [6, 6.07) is 23.5. The van der Waals surface area contributed by atoms with Crippen LogP contribution < -0.4 is 14.8 Å². The lowest BCUT2D eigenvalue weighted by Crippen LogP contribution is -2.30. The number of hydrogen-bond donors (Lipinski definition) is 1. The molecule has 0 spiro atoms. The van der Waals surface area contributed by atoms with Gasteiger partial charge in [-0.2, -0.15) is 0 Å². The minimum atomic E-state index is -0.171. The quantitative estimate of drug-likeness (QED) is 0.510. The third-order valence-corrected chi connectivity index (χ3v) is 5.26. The van der Waals surface area contributed by atoms with E-state index in [1.54, 1.807) is 19.2 Å². The Labute approximate surface area is 184 Å². The van der Waals surface area contributed by atoms with Crippen molar-refractivity contribution in [2.24, 2.45) is 0 Å². The molecule has 0 fully saturated rings. The maximum atomic E-state index is 12.7. The van der Waals surface area contributed by atoms with E-state index in [0.717, 1.165) is 17.7 Å². The summed E-state index contributed by atoms with van der Waals surface area (Å²) >= 11 is 0. The molecule has 1 N–H and O–H groups in total. The van der Waals surface area contributed by atoms with Crippen LogP contribution in [-0.2, 0) is 0 Å². The van der Waals surface area contributed by atoms with Crippen LogP contribution >= 0.6 is 0 Å². The maximum absolute atomic E-state index is 12.7. The van der Waals surface area contributed by atoms with Crippen LogP contribution in [0.1, 0.15) is 24.2 Å². The molecule has 0 aromatic heterocycles. The van der Waals surface area contributed by atoms with Crippen LogP contribution in [0.5, 0.6) is 11.5 Å². The van der Waals surface area contributed by atoms with Gasteiger partial charge in [0.2, 0.25) is 0 Å². The fraction of sp³-hybridized carbons (Fsp3) is 0.269. The number of likely N-dealkylation sites (N-methyl/N-ethyl adjacent to an activating group) is 1. The first-order valence-corrected chi connectivity index (χ1v) is 10.5. The Morgan fingerprint density at radius 2 is 1.61 bits per heavy atom. The third kappa shape index (κ3) is 6.09. The van der Waals surface area contributed by atoms with Crippen LogP contribution in [0.25, 0.3) is 11.1 Å². The molecule has 3 aromatic carbocycles. The minimum absolute atomic E-state index is 0.171. The van der Waals surface area contributed by atoms with E-state index in [4.69, 9.17) is 9.47 Å². The maximum Gasteiger partial charge on any atom is 0.255 e. The summed E-state index contributed by atoms with van der Waals surface area (Å²) in [5.74, 6) is 1.07. The second-order valence-corrected chi connectivity index (χ2v) is 7.69. The van der Waals surface area contributed by atoms with Gasteiger partial charge in [0, 0.05) is 29.9 Å². The number of carbonyl (C=O) groups excluding carboxylic acids is 1. The van der Waals surface area contributed by atoms with Crippen LogP contribution in [0.2, 0.25) is 0 Å². The fourth-order valence-corrected chi connectivity index (χ4v) is 3.07. The van der Waals surface area contributed by atoms with Crippen LogP contribution in [0.15, 0.2) is 72.8 Å². The molecule has 3 rings (SSSR count). The number of nitrogens with zero attached hydrogens (tertiary/aromatic N) is 1. The Bertz CT molecular complexity index is 985. The van der Waals surface area contributed by atoms with Crippen LogP contribution in [0, 0.1) is 0 Å². The Morgan fingerprint density at radius 3 is 2.26 bits per heavy atom. The standard InChI is InChI=1S/C26H30N2O3/c1-19(2)28(3)16-17-31-25-18-23(14-15-24(25)30-4)27-26(29)22-12-10-21(11-13-22)20-8-6-5-7-9-20/h5-15,18-19H,16-17H2,1-4H3,(H,27,29). The highest BCUT2D eigenvalue weighted by Gasteiger charge is 2.11. The lowest BCUT2D eigenvalue weighted by molar-refractivity contribution is 0.102. The molecule has 5 nitrogen and oxygen atoms in total. The number of carbonyl (C=O) groups is 1. The molecule has 0 aliphatic rings. The number of methoxy groups -OCH3 is 1. The van der Waals surface area contributed by atoms with Gasteiger partial charge in [-0.15, -0.1) is 0 Å². The molecule has 0 radical (unpaired) electrons. The van der Waals surface area contributed by atoms with Gasteiger partial charge in [0.25, 0.3) is 5.91 Å². The number of anilines is 1. The summed E-state index contributed by atoms with van der Waals surface area (Å²) in [4.78, 5) is 14.9. The zero-order chi connectivity index (χ0) is 22.2. The molecule has 0 bridgehead atoms. The smallest absolute Gasteiger partial charge is 0.255 e. The molecular weight excluding hydrogens is 388 g/mol. The predicted octanol–water partition coefficient (Wildman–Crippen LogP) is 5.33. The second-order valence-electron chi connectivity index (χ2n) is 7.69. The zero-order valence-electron chi connectivity index (χ0n) is 18.6. The molecule has 0 aliphatic heterocycles. The van der Waals surface area contributed by atoms with Crippen molar-refractivity contribution in [1.29, 1.82) is 0 Å². The highest BCUT2D eigenvalue weighted by Crippen LogP contribution is 2.30. The van der Waals surface area contributed by atoms with Crippen molar-refractivity contribution >= 4 is 11.6 Å².